The molecule has 1 aliphatic rings. The van der Waals surface area contributed by atoms with Crippen molar-refractivity contribution in [1.29, 1.82) is 0 Å². The van der Waals surface area contributed by atoms with Gasteiger partial charge in [0.05, 0.1) is 12.0 Å². The van der Waals surface area contributed by atoms with Crippen molar-refractivity contribution in [2.24, 2.45) is 0 Å². The summed E-state index contributed by atoms with van der Waals surface area (Å²) in [6.45, 7) is 0. The molecule has 0 saturated heterocycles. The molecule has 1 aliphatic carbocycles. The Morgan fingerprint density at radius 2 is 2.23 bits per heavy atom. The lowest BCUT2D eigenvalue weighted by Crippen LogP contribution is -2.22. The van der Waals surface area contributed by atoms with Crippen LogP contribution in [0.2, 0.25) is 0 Å². The zero-order valence-electron chi connectivity index (χ0n) is 7.19. The number of aromatic nitrogens is 2. The second-order valence-electron chi connectivity index (χ2n) is 3.41. The van der Waals surface area contributed by atoms with Crippen LogP contribution in [-0.4, -0.2) is 21.4 Å². The van der Waals surface area contributed by atoms with Crippen LogP contribution in [0.4, 0.5) is 0 Å². The minimum Gasteiger partial charge on any atom is -0.414 e. The molecule has 5 heteroatoms. The Morgan fingerprint density at radius 3 is 2.85 bits per heavy atom. The van der Waals surface area contributed by atoms with E-state index in [1.54, 1.807) is 0 Å². The molecule has 0 aromatic carbocycles. The van der Waals surface area contributed by atoms with Gasteiger partial charge in [-0.1, -0.05) is 12.8 Å². The summed E-state index contributed by atoms with van der Waals surface area (Å²) in [5, 5.41) is 16.2. The Bertz CT molecular complexity index is 333. The molecule has 0 radical (unpaired) electrons. The van der Waals surface area contributed by atoms with Crippen molar-refractivity contribution in [2.45, 2.75) is 37.7 Å². The number of nitrogens with one attached hydrogen (secondary N) is 1. The van der Waals surface area contributed by atoms with E-state index in [-0.39, 0.29) is 16.9 Å². The fourth-order valence-electron chi connectivity index (χ4n) is 1.80. The predicted octanol–water partition coefficient (Wildman–Crippen LogP) is 1.75. The van der Waals surface area contributed by atoms with Gasteiger partial charge in [0.2, 0.25) is 5.89 Å². The summed E-state index contributed by atoms with van der Waals surface area (Å²) in [4.78, 5) is 0.285. The summed E-state index contributed by atoms with van der Waals surface area (Å²) in [5.74, 6) is 0.582. The van der Waals surface area contributed by atoms with Gasteiger partial charge in [0.15, 0.2) is 0 Å². The van der Waals surface area contributed by atoms with Crippen molar-refractivity contribution in [3.05, 3.63) is 10.7 Å². The van der Waals surface area contributed by atoms with Gasteiger partial charge in [-0.3, -0.25) is 0 Å². The minimum absolute atomic E-state index is 0.0294. The summed E-state index contributed by atoms with van der Waals surface area (Å²) >= 11 is 4.77. The Labute approximate surface area is 81.0 Å². The summed E-state index contributed by atoms with van der Waals surface area (Å²) in [5.41, 5.74) is 0. The van der Waals surface area contributed by atoms with Gasteiger partial charge in [0.1, 0.15) is 0 Å². The average Bonchev–Trinajstić information content (AvgIpc) is 2.53. The normalized spacial score (nSPS) is 29.0. The number of H-pyrrole nitrogens is 1. The van der Waals surface area contributed by atoms with Gasteiger partial charge in [-0.15, -0.1) is 5.10 Å². The molecular weight excluding hydrogens is 188 g/mol. The van der Waals surface area contributed by atoms with E-state index in [1.165, 1.54) is 0 Å². The van der Waals surface area contributed by atoms with Gasteiger partial charge >= 0.3 is 0 Å². The van der Waals surface area contributed by atoms with Crippen LogP contribution in [0.5, 0.6) is 0 Å². The zero-order chi connectivity index (χ0) is 9.26. The van der Waals surface area contributed by atoms with E-state index in [9.17, 15) is 5.11 Å². The van der Waals surface area contributed by atoms with Crippen LogP contribution in [0, 0.1) is 4.84 Å². The molecule has 0 aliphatic heterocycles. The first-order valence-electron chi connectivity index (χ1n) is 4.51. The van der Waals surface area contributed by atoms with Crippen LogP contribution in [-0.2, 0) is 0 Å². The second kappa shape index (κ2) is 3.59. The van der Waals surface area contributed by atoms with E-state index in [0.29, 0.717) is 5.89 Å². The van der Waals surface area contributed by atoms with Gasteiger partial charge in [0.25, 0.3) is 4.84 Å². The van der Waals surface area contributed by atoms with Crippen molar-refractivity contribution in [3.8, 4) is 0 Å². The fraction of sp³-hybridized carbons (Fsp3) is 0.750. The molecule has 0 spiro atoms. The van der Waals surface area contributed by atoms with Crippen LogP contribution in [0.15, 0.2) is 4.42 Å². The molecule has 2 rings (SSSR count). The van der Waals surface area contributed by atoms with Crippen LogP contribution in [0.1, 0.15) is 37.5 Å². The number of rotatable bonds is 1. The summed E-state index contributed by atoms with van der Waals surface area (Å²) in [6, 6.07) is 0. The first kappa shape index (κ1) is 8.90. The lowest BCUT2D eigenvalue weighted by atomic mass is 9.86. The molecule has 4 nitrogen and oxygen atoms in total. The molecule has 72 valence electrons. The number of aliphatic hydroxyl groups is 1. The Hall–Kier alpha value is -0.680. The van der Waals surface area contributed by atoms with Gasteiger partial charge in [-0.05, 0) is 25.1 Å². The van der Waals surface area contributed by atoms with Crippen LogP contribution in [0.3, 0.4) is 0 Å². The topological polar surface area (TPSA) is 62.1 Å². The molecule has 1 aromatic rings. The molecule has 0 bridgehead atoms. The molecule has 1 saturated carbocycles. The first-order chi connectivity index (χ1) is 6.27. The zero-order valence-corrected chi connectivity index (χ0v) is 8.01. The third kappa shape index (κ3) is 1.81. The third-order valence-corrected chi connectivity index (χ3v) is 2.68. The molecule has 0 amide bonds. The molecule has 1 aromatic heterocycles. The van der Waals surface area contributed by atoms with E-state index < -0.39 is 0 Å². The standard InChI is InChI=1S/C8H12N2O2S/c11-6-4-2-1-3-5(6)7-9-10-8(13)12-7/h5-6,11H,1-4H2,(H,10,13)/t5-,6+/m1/s1. The van der Waals surface area contributed by atoms with Crippen molar-refractivity contribution < 1.29 is 9.52 Å². The molecule has 2 atom stereocenters. The molecule has 1 heterocycles. The van der Waals surface area contributed by atoms with Crippen LogP contribution >= 0.6 is 12.2 Å². The highest BCUT2D eigenvalue weighted by Gasteiger charge is 2.28. The summed E-state index contributed by atoms with van der Waals surface area (Å²) < 4.78 is 5.18. The Kier molecular flexibility index (Phi) is 2.46. The molecule has 0 unspecified atom stereocenters. The highest BCUT2D eigenvalue weighted by atomic mass is 32.1. The SMILES string of the molecule is O[C@H]1CCCC[C@H]1c1n[nH]c(=S)o1. The minimum atomic E-state index is -0.324. The van der Waals surface area contributed by atoms with E-state index in [1.807, 2.05) is 0 Å². The smallest absolute Gasteiger partial charge is 0.284 e. The lowest BCUT2D eigenvalue weighted by molar-refractivity contribution is 0.0938. The van der Waals surface area contributed by atoms with Crippen molar-refractivity contribution >= 4 is 12.2 Å². The van der Waals surface area contributed by atoms with Gasteiger partial charge in [0, 0.05) is 0 Å². The number of aromatic amines is 1. The number of aliphatic hydroxyl groups excluding tert-OH is 1. The highest BCUT2D eigenvalue weighted by Crippen LogP contribution is 2.31. The van der Waals surface area contributed by atoms with Crippen LogP contribution < -0.4 is 0 Å². The maximum absolute atomic E-state index is 9.68. The van der Waals surface area contributed by atoms with E-state index in [2.05, 4.69) is 10.2 Å². The monoisotopic (exact) mass is 200 g/mol. The largest absolute Gasteiger partial charge is 0.414 e. The molecule has 1 fully saturated rings. The number of nitrogens with zero attached hydrogens (tertiary/aromatic N) is 1. The maximum atomic E-state index is 9.68. The van der Waals surface area contributed by atoms with Gasteiger partial charge in [-0.25, -0.2) is 5.10 Å². The van der Waals surface area contributed by atoms with Crippen molar-refractivity contribution in [1.82, 2.24) is 10.2 Å². The third-order valence-electron chi connectivity index (χ3n) is 2.50. The van der Waals surface area contributed by atoms with E-state index in [4.69, 9.17) is 16.6 Å². The van der Waals surface area contributed by atoms with Crippen LogP contribution in [0.25, 0.3) is 0 Å². The average molecular weight is 200 g/mol. The van der Waals surface area contributed by atoms with Crippen molar-refractivity contribution in [2.75, 3.05) is 0 Å². The molecule has 2 N–H and O–H groups in total. The summed E-state index contributed by atoms with van der Waals surface area (Å²) in [7, 11) is 0. The van der Waals surface area contributed by atoms with Gasteiger partial charge < -0.3 is 9.52 Å². The lowest BCUT2D eigenvalue weighted by Gasteiger charge is -2.24. The number of hydrogen-bond donors (Lipinski definition) is 2. The quantitative estimate of drug-likeness (QED) is 0.678. The molecular formula is C8H12N2O2S. The molecule has 13 heavy (non-hydrogen) atoms. The fourth-order valence-corrected chi connectivity index (χ4v) is 1.93. The Morgan fingerprint density at radius 1 is 1.46 bits per heavy atom. The van der Waals surface area contributed by atoms with E-state index in [0.717, 1.165) is 25.7 Å². The second-order valence-corrected chi connectivity index (χ2v) is 3.78. The predicted molar refractivity (Wildman–Crippen MR) is 48.9 cm³/mol. The van der Waals surface area contributed by atoms with E-state index >= 15 is 0 Å². The first-order valence-corrected chi connectivity index (χ1v) is 4.91. The maximum Gasteiger partial charge on any atom is 0.284 e. The summed E-state index contributed by atoms with van der Waals surface area (Å²) in [6.07, 6.45) is 3.65. The van der Waals surface area contributed by atoms with Gasteiger partial charge in [-0.2, -0.15) is 0 Å². The number of hydrogen-bond acceptors (Lipinski definition) is 4. The Balaban J connectivity index is 2.19. The highest BCUT2D eigenvalue weighted by molar-refractivity contribution is 7.71. The van der Waals surface area contributed by atoms with Crippen molar-refractivity contribution in [3.63, 3.8) is 0 Å².